The zero-order valence-corrected chi connectivity index (χ0v) is 16.2. The number of carbonyl (C=O) groups is 2. The Hall–Kier alpha value is -3.41. The molecule has 0 atom stereocenters. The van der Waals surface area contributed by atoms with Gasteiger partial charge in [0.05, 0.1) is 24.1 Å². The van der Waals surface area contributed by atoms with Crippen molar-refractivity contribution in [2.75, 3.05) is 13.7 Å². The molecule has 0 spiro atoms. The first-order valence-electron chi connectivity index (χ1n) is 9.07. The van der Waals surface area contributed by atoms with Gasteiger partial charge in [0.1, 0.15) is 0 Å². The molecule has 0 aliphatic carbocycles. The molecule has 0 unspecified atom stereocenters. The molecule has 0 saturated carbocycles. The quantitative estimate of drug-likeness (QED) is 0.669. The van der Waals surface area contributed by atoms with Gasteiger partial charge < -0.3 is 10.1 Å². The Morgan fingerprint density at radius 3 is 2.21 bits per heavy atom. The summed E-state index contributed by atoms with van der Waals surface area (Å²) in [6, 6.07) is 16.6. The van der Waals surface area contributed by atoms with Gasteiger partial charge in [0.2, 0.25) is 0 Å². The summed E-state index contributed by atoms with van der Waals surface area (Å²) in [5.74, 6) is -0.591. The van der Waals surface area contributed by atoms with E-state index < -0.39 is 5.97 Å². The zero-order chi connectivity index (χ0) is 20.1. The largest absolute Gasteiger partial charge is 0.465 e. The number of benzene rings is 2. The number of esters is 1. The van der Waals surface area contributed by atoms with Gasteiger partial charge in [0, 0.05) is 17.8 Å². The number of hydrogen-bond donors (Lipinski definition) is 1. The highest BCUT2D eigenvalue weighted by Crippen LogP contribution is 2.13. The Kier molecular flexibility index (Phi) is 5.89. The third-order valence-corrected chi connectivity index (χ3v) is 4.46. The molecule has 6 heteroatoms. The van der Waals surface area contributed by atoms with E-state index in [1.165, 1.54) is 7.11 Å². The van der Waals surface area contributed by atoms with Crippen LogP contribution in [0.4, 0.5) is 0 Å². The van der Waals surface area contributed by atoms with Gasteiger partial charge >= 0.3 is 5.97 Å². The number of amides is 1. The van der Waals surface area contributed by atoms with Crippen LogP contribution in [0.2, 0.25) is 0 Å². The van der Waals surface area contributed by atoms with E-state index in [-0.39, 0.29) is 5.91 Å². The molecule has 0 aliphatic rings. The maximum Gasteiger partial charge on any atom is 0.337 e. The van der Waals surface area contributed by atoms with Crippen LogP contribution in [0.5, 0.6) is 0 Å². The Morgan fingerprint density at radius 2 is 1.64 bits per heavy atom. The molecule has 2 aromatic carbocycles. The molecule has 3 aromatic rings. The molecule has 144 valence electrons. The summed E-state index contributed by atoms with van der Waals surface area (Å²) < 4.78 is 6.57. The van der Waals surface area contributed by atoms with E-state index in [4.69, 9.17) is 0 Å². The van der Waals surface area contributed by atoms with Gasteiger partial charge in [-0.25, -0.2) is 9.48 Å². The summed E-state index contributed by atoms with van der Waals surface area (Å²) in [6.07, 6.45) is 0.726. The summed E-state index contributed by atoms with van der Waals surface area (Å²) in [4.78, 5) is 23.7. The summed E-state index contributed by atoms with van der Waals surface area (Å²) in [6.45, 7) is 4.53. The molecule has 1 N–H and O–H groups in total. The number of hydrogen-bond acceptors (Lipinski definition) is 4. The van der Waals surface area contributed by atoms with Crippen molar-refractivity contribution in [2.45, 2.75) is 20.3 Å². The van der Waals surface area contributed by atoms with Crippen molar-refractivity contribution < 1.29 is 14.3 Å². The standard InChI is InChI=1S/C22H23N3O3/c1-15-14-16(2)25(24-15)20-10-4-17(5-11-20)12-13-23-21(26)18-6-8-19(9-7-18)22(27)28-3/h4-11,14H,12-13H2,1-3H3,(H,23,26). The highest BCUT2D eigenvalue weighted by atomic mass is 16.5. The molecule has 3 rings (SSSR count). The number of aromatic nitrogens is 2. The number of nitrogens with one attached hydrogen (secondary N) is 1. The summed E-state index contributed by atoms with van der Waals surface area (Å²) in [5, 5.41) is 7.38. The second kappa shape index (κ2) is 8.52. The summed E-state index contributed by atoms with van der Waals surface area (Å²) in [5.41, 5.74) is 5.16. The van der Waals surface area contributed by atoms with Crippen LogP contribution < -0.4 is 5.32 Å². The van der Waals surface area contributed by atoms with E-state index in [1.54, 1.807) is 24.3 Å². The van der Waals surface area contributed by atoms with Gasteiger partial charge in [-0.2, -0.15) is 5.10 Å². The molecule has 0 fully saturated rings. The van der Waals surface area contributed by atoms with Crippen LogP contribution in [0.1, 0.15) is 37.7 Å². The van der Waals surface area contributed by atoms with Crippen LogP contribution in [0.15, 0.2) is 54.6 Å². The molecular formula is C22H23N3O3. The number of ether oxygens (including phenoxy) is 1. The minimum atomic E-state index is -0.420. The van der Waals surface area contributed by atoms with E-state index in [0.29, 0.717) is 17.7 Å². The fraction of sp³-hybridized carbons (Fsp3) is 0.227. The molecule has 6 nitrogen and oxygen atoms in total. The zero-order valence-electron chi connectivity index (χ0n) is 16.2. The van der Waals surface area contributed by atoms with Crippen LogP contribution >= 0.6 is 0 Å². The van der Waals surface area contributed by atoms with Crippen LogP contribution in [-0.4, -0.2) is 35.3 Å². The van der Waals surface area contributed by atoms with Crippen molar-refractivity contribution in [3.8, 4) is 5.69 Å². The van der Waals surface area contributed by atoms with E-state index in [2.05, 4.69) is 15.2 Å². The SMILES string of the molecule is COC(=O)c1ccc(C(=O)NCCc2ccc(-n3nc(C)cc3C)cc2)cc1. The highest BCUT2D eigenvalue weighted by Gasteiger charge is 2.09. The Labute approximate surface area is 164 Å². The molecule has 0 aliphatic heterocycles. The average molecular weight is 377 g/mol. The first-order chi connectivity index (χ1) is 13.5. The predicted molar refractivity (Wildman–Crippen MR) is 107 cm³/mol. The second-order valence-corrected chi connectivity index (χ2v) is 6.58. The van der Waals surface area contributed by atoms with Crippen molar-refractivity contribution in [1.29, 1.82) is 0 Å². The fourth-order valence-corrected chi connectivity index (χ4v) is 2.99. The van der Waals surface area contributed by atoms with E-state index in [0.717, 1.165) is 29.1 Å². The monoisotopic (exact) mass is 377 g/mol. The van der Waals surface area contributed by atoms with Gasteiger partial charge in [-0.05, 0) is 68.3 Å². The van der Waals surface area contributed by atoms with Crippen molar-refractivity contribution >= 4 is 11.9 Å². The molecule has 1 amide bonds. The van der Waals surface area contributed by atoms with Crippen molar-refractivity contribution in [2.24, 2.45) is 0 Å². The van der Waals surface area contributed by atoms with Gasteiger partial charge in [-0.3, -0.25) is 4.79 Å². The topological polar surface area (TPSA) is 73.2 Å². The minimum Gasteiger partial charge on any atom is -0.465 e. The molecule has 0 saturated heterocycles. The molecule has 1 aromatic heterocycles. The maximum atomic E-state index is 12.2. The van der Waals surface area contributed by atoms with E-state index in [1.807, 2.05) is 48.9 Å². The van der Waals surface area contributed by atoms with Crippen molar-refractivity contribution in [1.82, 2.24) is 15.1 Å². The van der Waals surface area contributed by atoms with Gasteiger partial charge in [-0.15, -0.1) is 0 Å². The Morgan fingerprint density at radius 1 is 1.00 bits per heavy atom. The minimum absolute atomic E-state index is 0.171. The number of methoxy groups -OCH3 is 1. The third-order valence-electron chi connectivity index (χ3n) is 4.46. The van der Waals surface area contributed by atoms with Crippen molar-refractivity contribution in [3.63, 3.8) is 0 Å². The number of rotatable bonds is 6. The number of carbonyl (C=O) groups excluding carboxylic acids is 2. The Bertz CT molecular complexity index is 973. The first-order valence-corrected chi connectivity index (χ1v) is 9.07. The lowest BCUT2D eigenvalue weighted by Gasteiger charge is -2.08. The molecular weight excluding hydrogens is 354 g/mol. The lowest BCUT2D eigenvalue weighted by Crippen LogP contribution is -2.25. The van der Waals surface area contributed by atoms with E-state index in [9.17, 15) is 9.59 Å². The van der Waals surface area contributed by atoms with Crippen LogP contribution in [-0.2, 0) is 11.2 Å². The van der Waals surface area contributed by atoms with E-state index >= 15 is 0 Å². The third kappa shape index (κ3) is 4.46. The fourth-order valence-electron chi connectivity index (χ4n) is 2.99. The number of nitrogens with zero attached hydrogens (tertiary/aromatic N) is 2. The first kappa shape index (κ1) is 19.4. The normalized spacial score (nSPS) is 10.5. The van der Waals surface area contributed by atoms with Crippen molar-refractivity contribution in [3.05, 3.63) is 82.7 Å². The Balaban J connectivity index is 1.54. The lowest BCUT2D eigenvalue weighted by molar-refractivity contribution is 0.0600. The molecule has 0 bridgehead atoms. The van der Waals surface area contributed by atoms with Gasteiger partial charge in [0.25, 0.3) is 5.91 Å². The molecule has 28 heavy (non-hydrogen) atoms. The highest BCUT2D eigenvalue weighted by molar-refractivity contribution is 5.96. The molecule has 1 heterocycles. The van der Waals surface area contributed by atoms with Crippen LogP contribution in [0, 0.1) is 13.8 Å². The summed E-state index contributed by atoms with van der Waals surface area (Å²) in [7, 11) is 1.33. The number of aryl methyl sites for hydroxylation is 2. The predicted octanol–water partition coefficient (Wildman–Crippen LogP) is 3.25. The van der Waals surface area contributed by atoms with Crippen LogP contribution in [0.3, 0.4) is 0 Å². The lowest BCUT2D eigenvalue weighted by atomic mass is 10.1. The van der Waals surface area contributed by atoms with Gasteiger partial charge in [-0.1, -0.05) is 12.1 Å². The average Bonchev–Trinajstić information content (AvgIpc) is 3.06. The second-order valence-electron chi connectivity index (χ2n) is 6.58. The van der Waals surface area contributed by atoms with Crippen LogP contribution in [0.25, 0.3) is 5.69 Å². The molecule has 0 radical (unpaired) electrons. The summed E-state index contributed by atoms with van der Waals surface area (Å²) >= 11 is 0. The maximum absolute atomic E-state index is 12.2. The van der Waals surface area contributed by atoms with Gasteiger partial charge in [0.15, 0.2) is 0 Å². The smallest absolute Gasteiger partial charge is 0.337 e.